The van der Waals surface area contributed by atoms with Crippen molar-refractivity contribution in [2.24, 2.45) is 0 Å². The van der Waals surface area contributed by atoms with E-state index in [0.717, 1.165) is 6.54 Å². The molecule has 0 N–H and O–H groups in total. The zero-order valence-corrected chi connectivity index (χ0v) is 6.59. The van der Waals surface area contributed by atoms with Gasteiger partial charge < -0.3 is 4.90 Å². The van der Waals surface area contributed by atoms with Gasteiger partial charge in [-0.2, -0.15) is 0 Å². The molecule has 0 aromatic carbocycles. The number of hydrogen-bond donors (Lipinski definition) is 0. The first-order valence-electron chi connectivity index (χ1n) is 2.42. The molecule has 0 bridgehead atoms. The predicted octanol–water partition coefficient (Wildman–Crippen LogP) is 1.55. The quantitative estimate of drug-likeness (QED) is 0.520. The Morgan fingerprint density at radius 1 is 1.50 bits per heavy atom. The lowest BCUT2D eigenvalue weighted by molar-refractivity contribution is 0.446. The summed E-state index contributed by atoms with van der Waals surface area (Å²) in [5.41, 5.74) is 1.21. The predicted molar refractivity (Wildman–Crippen MR) is 40.6 cm³/mol. The fraction of sp³-hybridized carbons (Fsp3) is 0.667. The highest BCUT2D eigenvalue weighted by Crippen LogP contribution is 1.86. The summed E-state index contributed by atoms with van der Waals surface area (Å²) in [6.07, 6.45) is 0. The van der Waals surface area contributed by atoms with Gasteiger partial charge in [-0.05, 0) is 21.0 Å². The lowest BCUT2D eigenvalue weighted by atomic mass is 10.3. The minimum Gasteiger partial charge on any atom is -0.305 e. The minimum atomic E-state index is 0. The van der Waals surface area contributed by atoms with Crippen LogP contribution in [0.25, 0.3) is 0 Å². The van der Waals surface area contributed by atoms with Crippen molar-refractivity contribution in [3.05, 3.63) is 12.2 Å². The Kier molecular flexibility index (Phi) is 6.98. The molecular formula is C6H14ClN. The number of hydrogen-bond acceptors (Lipinski definition) is 1. The number of rotatable bonds is 2. The van der Waals surface area contributed by atoms with Crippen LogP contribution in [0.3, 0.4) is 0 Å². The topological polar surface area (TPSA) is 3.24 Å². The Labute approximate surface area is 57.8 Å². The molecule has 0 aliphatic heterocycles. The molecule has 0 atom stereocenters. The van der Waals surface area contributed by atoms with Crippen LogP contribution in [0.5, 0.6) is 0 Å². The van der Waals surface area contributed by atoms with E-state index in [1.165, 1.54) is 5.57 Å². The molecule has 2 heteroatoms. The van der Waals surface area contributed by atoms with Gasteiger partial charge in [0.15, 0.2) is 0 Å². The summed E-state index contributed by atoms with van der Waals surface area (Å²) in [6.45, 7) is 6.78. The average Bonchev–Trinajstić information content (AvgIpc) is 1.27. The van der Waals surface area contributed by atoms with Crippen LogP contribution in [-0.2, 0) is 0 Å². The lowest BCUT2D eigenvalue weighted by Crippen LogP contribution is -2.12. The maximum Gasteiger partial charge on any atom is 0.0181 e. The Hall–Kier alpha value is -0.0100. The first-order chi connectivity index (χ1) is 3.13. The van der Waals surface area contributed by atoms with Gasteiger partial charge in [-0.1, -0.05) is 12.2 Å². The van der Waals surface area contributed by atoms with Gasteiger partial charge in [-0.15, -0.1) is 12.4 Å². The van der Waals surface area contributed by atoms with E-state index in [1.807, 2.05) is 21.0 Å². The molecule has 0 aliphatic carbocycles. The molecule has 1 nitrogen and oxygen atoms in total. The number of halogens is 1. The first kappa shape index (κ1) is 10.9. The van der Waals surface area contributed by atoms with Crippen LogP contribution >= 0.6 is 12.4 Å². The second-order valence-electron chi connectivity index (χ2n) is 2.19. The summed E-state index contributed by atoms with van der Waals surface area (Å²) in [4.78, 5) is 2.10. The number of likely N-dealkylation sites (N-methyl/N-ethyl adjacent to an activating group) is 1. The maximum atomic E-state index is 3.75. The van der Waals surface area contributed by atoms with E-state index < -0.39 is 0 Å². The maximum absolute atomic E-state index is 3.75. The fourth-order valence-corrected chi connectivity index (χ4v) is 0.540. The molecule has 50 valence electrons. The van der Waals surface area contributed by atoms with Crippen molar-refractivity contribution in [3.8, 4) is 0 Å². The molecule has 0 saturated carbocycles. The van der Waals surface area contributed by atoms with Gasteiger partial charge in [0.1, 0.15) is 0 Å². The van der Waals surface area contributed by atoms with E-state index in [2.05, 4.69) is 11.5 Å². The summed E-state index contributed by atoms with van der Waals surface area (Å²) >= 11 is 0. The van der Waals surface area contributed by atoms with Crippen molar-refractivity contribution in [2.75, 3.05) is 20.6 Å². The standard InChI is InChI=1S/C6H13N.ClH/c1-6(2)5-7(3)4;/h1,5H2,2-4H3;1H. The van der Waals surface area contributed by atoms with Gasteiger partial charge in [0.25, 0.3) is 0 Å². The van der Waals surface area contributed by atoms with Gasteiger partial charge in [-0.3, -0.25) is 0 Å². The van der Waals surface area contributed by atoms with E-state index in [0.29, 0.717) is 0 Å². The van der Waals surface area contributed by atoms with Gasteiger partial charge in [-0.25, -0.2) is 0 Å². The monoisotopic (exact) mass is 135 g/mol. The summed E-state index contributed by atoms with van der Waals surface area (Å²) < 4.78 is 0. The Bertz CT molecular complexity index is 68.9. The largest absolute Gasteiger partial charge is 0.305 e. The van der Waals surface area contributed by atoms with Gasteiger partial charge in [0.05, 0.1) is 0 Å². The van der Waals surface area contributed by atoms with E-state index in [9.17, 15) is 0 Å². The van der Waals surface area contributed by atoms with E-state index in [4.69, 9.17) is 0 Å². The Morgan fingerprint density at radius 2 is 1.88 bits per heavy atom. The van der Waals surface area contributed by atoms with Crippen molar-refractivity contribution in [1.82, 2.24) is 4.90 Å². The van der Waals surface area contributed by atoms with Crippen LogP contribution in [-0.4, -0.2) is 25.5 Å². The Balaban J connectivity index is 0. The second-order valence-corrected chi connectivity index (χ2v) is 2.19. The van der Waals surface area contributed by atoms with Crippen molar-refractivity contribution < 1.29 is 0 Å². The zero-order valence-electron chi connectivity index (χ0n) is 5.77. The van der Waals surface area contributed by atoms with Crippen LogP contribution in [0.4, 0.5) is 0 Å². The van der Waals surface area contributed by atoms with Gasteiger partial charge in [0.2, 0.25) is 0 Å². The van der Waals surface area contributed by atoms with Crippen molar-refractivity contribution in [2.45, 2.75) is 6.92 Å². The van der Waals surface area contributed by atoms with Crippen LogP contribution < -0.4 is 0 Å². The van der Waals surface area contributed by atoms with Crippen LogP contribution in [0, 0.1) is 0 Å². The fourth-order valence-electron chi connectivity index (χ4n) is 0.540. The molecule has 0 heterocycles. The van der Waals surface area contributed by atoms with Crippen LogP contribution in [0.1, 0.15) is 6.92 Å². The van der Waals surface area contributed by atoms with Crippen molar-refractivity contribution in [3.63, 3.8) is 0 Å². The molecule has 0 unspecified atom stereocenters. The molecule has 0 rings (SSSR count). The zero-order chi connectivity index (χ0) is 5.86. The molecule has 0 saturated heterocycles. The summed E-state index contributed by atoms with van der Waals surface area (Å²) in [7, 11) is 4.07. The van der Waals surface area contributed by atoms with E-state index in [-0.39, 0.29) is 12.4 Å². The summed E-state index contributed by atoms with van der Waals surface area (Å²) in [5, 5.41) is 0. The summed E-state index contributed by atoms with van der Waals surface area (Å²) in [5.74, 6) is 0. The van der Waals surface area contributed by atoms with Crippen LogP contribution in [0.2, 0.25) is 0 Å². The summed E-state index contributed by atoms with van der Waals surface area (Å²) in [6, 6.07) is 0. The Morgan fingerprint density at radius 3 is 1.88 bits per heavy atom. The number of nitrogens with zero attached hydrogens (tertiary/aromatic N) is 1. The third-order valence-corrected chi connectivity index (χ3v) is 0.586. The molecule has 8 heavy (non-hydrogen) atoms. The van der Waals surface area contributed by atoms with E-state index in [1.54, 1.807) is 0 Å². The second kappa shape index (κ2) is 5.13. The van der Waals surface area contributed by atoms with Crippen LogP contribution in [0.15, 0.2) is 12.2 Å². The molecule has 0 aromatic heterocycles. The third kappa shape index (κ3) is 9.37. The molecule has 0 aromatic rings. The highest BCUT2D eigenvalue weighted by molar-refractivity contribution is 5.85. The third-order valence-electron chi connectivity index (χ3n) is 0.586. The highest BCUT2D eigenvalue weighted by Gasteiger charge is 1.85. The van der Waals surface area contributed by atoms with Crippen molar-refractivity contribution >= 4 is 12.4 Å². The molecule has 0 fully saturated rings. The minimum absolute atomic E-state index is 0. The van der Waals surface area contributed by atoms with Crippen molar-refractivity contribution in [1.29, 1.82) is 0 Å². The lowest BCUT2D eigenvalue weighted by Gasteiger charge is -2.06. The molecule has 0 amide bonds. The average molecular weight is 136 g/mol. The molecule has 0 radical (unpaired) electrons. The normalized spacial score (nSPS) is 8.50. The van der Waals surface area contributed by atoms with E-state index >= 15 is 0 Å². The molecule has 0 spiro atoms. The molecular weight excluding hydrogens is 122 g/mol. The highest BCUT2D eigenvalue weighted by atomic mass is 35.5. The smallest absolute Gasteiger partial charge is 0.0181 e. The first-order valence-corrected chi connectivity index (χ1v) is 2.42. The SMILES string of the molecule is C=C(C)CN(C)C.Cl. The molecule has 0 aliphatic rings. The van der Waals surface area contributed by atoms with Gasteiger partial charge in [0, 0.05) is 6.54 Å². The van der Waals surface area contributed by atoms with Gasteiger partial charge >= 0.3 is 0 Å².